The highest BCUT2D eigenvalue weighted by atomic mass is 31.2. The van der Waals surface area contributed by atoms with Gasteiger partial charge in [-0.3, -0.25) is 14.2 Å². The van der Waals surface area contributed by atoms with Gasteiger partial charge in [0.1, 0.15) is 19.3 Å². The lowest BCUT2D eigenvalue weighted by molar-refractivity contribution is -0.870. The molecule has 0 aromatic heterocycles. The molecule has 0 rings (SSSR count). The molecule has 1 amide bonds. The molecule has 0 aromatic rings. The average molecular weight is 1300 g/mol. The van der Waals surface area contributed by atoms with Gasteiger partial charge in [0.05, 0.1) is 33.8 Å². The van der Waals surface area contributed by atoms with E-state index in [4.69, 9.17) is 13.8 Å². The van der Waals surface area contributed by atoms with Gasteiger partial charge in [-0.2, -0.15) is 0 Å². The van der Waals surface area contributed by atoms with Crippen LogP contribution in [0.15, 0.2) is 24.3 Å². The minimum atomic E-state index is -4.70. The summed E-state index contributed by atoms with van der Waals surface area (Å²) in [6.45, 7) is 6.93. The highest BCUT2D eigenvalue weighted by Gasteiger charge is 2.27. The van der Waals surface area contributed by atoms with Crippen molar-refractivity contribution < 1.29 is 37.3 Å². The number of hydrogen-bond donors (Lipinski definition) is 1. The third-order valence-corrected chi connectivity index (χ3v) is 19.8. The second-order valence-corrected chi connectivity index (χ2v) is 30.7. The van der Waals surface area contributed by atoms with E-state index in [-0.39, 0.29) is 31.5 Å². The molecule has 10 heteroatoms. The highest BCUT2D eigenvalue weighted by Crippen LogP contribution is 2.38. The summed E-state index contributed by atoms with van der Waals surface area (Å²) in [5.74, 6) is -0.511. The van der Waals surface area contributed by atoms with Gasteiger partial charge in [0.25, 0.3) is 7.82 Å². The Hall–Kier alpha value is -1.51. The molecular formula is C81H159N2O7P. The number of carbonyl (C=O) groups is 2. The van der Waals surface area contributed by atoms with E-state index in [0.29, 0.717) is 17.4 Å². The summed E-state index contributed by atoms with van der Waals surface area (Å²) >= 11 is 0. The molecule has 1 N–H and O–H groups in total. The molecule has 0 aliphatic carbocycles. The normalized spacial score (nSPS) is 13.4. The Morgan fingerprint density at radius 2 is 0.637 bits per heavy atom. The molecule has 0 saturated carbocycles. The van der Waals surface area contributed by atoms with Gasteiger partial charge in [-0.15, -0.1) is 0 Å². The van der Waals surface area contributed by atoms with Crippen molar-refractivity contribution in [2.45, 2.75) is 444 Å². The topological polar surface area (TPSA) is 114 Å². The van der Waals surface area contributed by atoms with E-state index >= 15 is 0 Å². The molecule has 0 aromatic carbocycles. The molecule has 91 heavy (non-hydrogen) atoms. The monoisotopic (exact) mass is 1300 g/mol. The standard InChI is InChI=1S/C81H159N2O7P/c1-7-10-13-16-19-22-25-28-30-32-34-36-38-40-41-43-44-46-48-50-52-55-58-61-64-67-70-73-80(84)82-78(77-89-91(86,87)88-76-75-83(4,5)6)79(72-69-66-63-60-57-54-27-24-21-18-15-12-9-3)90-81(85)74-71-68-65-62-59-56-53-51-49-47-45-42-39-37-35-33-31-29-26-23-20-17-14-11-8-2/h29,31,69,72,78-79H,7-28,30,32-68,70-71,73-77H2,1-6H3,(H-,82,84,86,87)/b31-29+,72-69+. The molecule has 0 aliphatic heterocycles. The molecule has 0 aliphatic rings. The summed E-state index contributed by atoms with van der Waals surface area (Å²) in [6.07, 6.45) is 89.0. The van der Waals surface area contributed by atoms with Crippen LogP contribution >= 0.6 is 7.82 Å². The van der Waals surface area contributed by atoms with Gasteiger partial charge in [0, 0.05) is 12.8 Å². The Morgan fingerprint density at radius 1 is 0.374 bits per heavy atom. The van der Waals surface area contributed by atoms with Gasteiger partial charge < -0.3 is 28.5 Å². The predicted molar refractivity (Wildman–Crippen MR) is 395 cm³/mol. The van der Waals surface area contributed by atoms with Crippen LogP contribution in [0.1, 0.15) is 432 Å². The summed E-state index contributed by atoms with van der Waals surface area (Å²) in [5.41, 5.74) is 0. The number of esters is 1. The lowest BCUT2D eigenvalue weighted by atomic mass is 10.0. The Balaban J connectivity index is 4.90. The molecule has 0 radical (unpaired) electrons. The maximum absolute atomic E-state index is 13.7. The number of likely N-dealkylation sites (N-methyl/N-ethyl adjacent to an activating group) is 1. The number of ether oxygens (including phenoxy) is 1. The van der Waals surface area contributed by atoms with Crippen molar-refractivity contribution >= 4 is 19.7 Å². The van der Waals surface area contributed by atoms with Crippen LogP contribution in [0.4, 0.5) is 0 Å². The van der Waals surface area contributed by atoms with Crippen LogP contribution < -0.4 is 10.2 Å². The molecule has 0 heterocycles. The van der Waals surface area contributed by atoms with E-state index in [1.807, 2.05) is 33.3 Å². The van der Waals surface area contributed by atoms with Crippen LogP contribution in [0.3, 0.4) is 0 Å². The first-order valence-corrected chi connectivity index (χ1v) is 42.1. The van der Waals surface area contributed by atoms with Crippen molar-refractivity contribution in [3.05, 3.63) is 24.3 Å². The number of phosphoric acid groups is 1. The van der Waals surface area contributed by atoms with Crippen LogP contribution in [0.2, 0.25) is 0 Å². The largest absolute Gasteiger partial charge is 0.756 e. The van der Waals surface area contributed by atoms with Crippen LogP contribution in [-0.4, -0.2) is 69.4 Å². The summed E-state index contributed by atoms with van der Waals surface area (Å²) in [7, 11) is 1.21. The number of amides is 1. The van der Waals surface area contributed by atoms with Crippen molar-refractivity contribution in [1.29, 1.82) is 0 Å². The number of hydrogen-bond acceptors (Lipinski definition) is 7. The van der Waals surface area contributed by atoms with Crippen molar-refractivity contribution in [3.8, 4) is 0 Å². The molecular weight excluding hydrogens is 1140 g/mol. The number of unbranched alkanes of at least 4 members (excludes halogenated alkanes) is 58. The van der Waals surface area contributed by atoms with E-state index in [9.17, 15) is 19.0 Å². The molecule has 0 fully saturated rings. The highest BCUT2D eigenvalue weighted by molar-refractivity contribution is 7.45. The van der Waals surface area contributed by atoms with Crippen LogP contribution in [0.5, 0.6) is 0 Å². The summed E-state index contributed by atoms with van der Waals surface area (Å²) in [4.78, 5) is 40.4. The van der Waals surface area contributed by atoms with Crippen LogP contribution in [0.25, 0.3) is 0 Å². The third kappa shape index (κ3) is 72.6. The fraction of sp³-hybridized carbons (Fsp3) is 0.926. The number of carbonyl (C=O) groups excluding carboxylic acids is 2. The van der Waals surface area contributed by atoms with Gasteiger partial charge in [-0.05, 0) is 57.4 Å². The van der Waals surface area contributed by atoms with E-state index in [1.165, 1.54) is 340 Å². The van der Waals surface area contributed by atoms with Gasteiger partial charge in [0.15, 0.2) is 0 Å². The number of quaternary nitrogens is 1. The molecule has 540 valence electrons. The van der Waals surface area contributed by atoms with Gasteiger partial charge in [0.2, 0.25) is 5.91 Å². The lowest BCUT2D eigenvalue weighted by Crippen LogP contribution is -2.47. The first-order valence-electron chi connectivity index (χ1n) is 40.6. The van der Waals surface area contributed by atoms with Crippen molar-refractivity contribution in [2.24, 2.45) is 0 Å². The van der Waals surface area contributed by atoms with Crippen LogP contribution in [-0.2, 0) is 27.9 Å². The fourth-order valence-electron chi connectivity index (χ4n) is 12.6. The predicted octanol–water partition coefficient (Wildman–Crippen LogP) is 25.7. The Labute approximate surface area is 568 Å². The third-order valence-electron chi connectivity index (χ3n) is 18.9. The van der Waals surface area contributed by atoms with Gasteiger partial charge >= 0.3 is 5.97 Å². The quantitative estimate of drug-likeness (QED) is 0.0212. The molecule has 9 nitrogen and oxygen atoms in total. The van der Waals surface area contributed by atoms with Crippen molar-refractivity contribution in [1.82, 2.24) is 5.32 Å². The van der Waals surface area contributed by atoms with Crippen LogP contribution in [0, 0.1) is 0 Å². The van der Waals surface area contributed by atoms with E-state index < -0.39 is 20.0 Å². The zero-order valence-corrected chi connectivity index (χ0v) is 63.0. The number of phosphoric ester groups is 1. The SMILES string of the molecule is CCCCCCCC/C=C/CCCCCCCCCCCCCCCCCC(=O)OC(/C=C/CCCCCCCCCCCCC)C(COP(=O)([O-])OCC[N+](C)(C)C)NC(=O)CCCCCCCCCCCCCCCCCCCCCCCCCCCCC. The Kier molecular flexibility index (Phi) is 70.1. The second kappa shape index (κ2) is 71.3. The number of nitrogens with one attached hydrogen (secondary N) is 1. The summed E-state index contributed by atoms with van der Waals surface area (Å²) in [6, 6.07) is -0.884. The molecule has 0 saturated heterocycles. The van der Waals surface area contributed by atoms with E-state index in [1.54, 1.807) is 0 Å². The summed E-state index contributed by atoms with van der Waals surface area (Å²) < 4.78 is 30.6. The number of allylic oxidation sites excluding steroid dienone is 3. The first kappa shape index (κ1) is 89.5. The van der Waals surface area contributed by atoms with Crippen molar-refractivity contribution in [3.63, 3.8) is 0 Å². The molecule has 0 bridgehead atoms. The maximum Gasteiger partial charge on any atom is 0.306 e. The van der Waals surface area contributed by atoms with E-state index in [2.05, 4.69) is 38.2 Å². The maximum atomic E-state index is 13.7. The summed E-state index contributed by atoms with van der Waals surface area (Å²) in [5, 5.41) is 3.07. The fourth-order valence-corrected chi connectivity index (χ4v) is 13.4. The average Bonchev–Trinajstić information content (AvgIpc) is 3.70. The number of rotatable bonds is 76. The number of nitrogens with zero attached hydrogens (tertiary/aromatic N) is 1. The van der Waals surface area contributed by atoms with Gasteiger partial charge in [-0.25, -0.2) is 0 Å². The zero-order chi connectivity index (χ0) is 66.3. The lowest BCUT2D eigenvalue weighted by Gasteiger charge is -2.30. The second-order valence-electron chi connectivity index (χ2n) is 29.3. The minimum absolute atomic E-state index is 0.0174. The molecule has 3 atom stereocenters. The molecule has 3 unspecified atom stereocenters. The molecule has 0 spiro atoms. The Morgan fingerprint density at radius 3 is 0.934 bits per heavy atom. The van der Waals surface area contributed by atoms with Gasteiger partial charge in [-0.1, -0.05) is 386 Å². The first-order chi connectivity index (χ1) is 44.4. The minimum Gasteiger partial charge on any atom is -0.756 e. The van der Waals surface area contributed by atoms with E-state index in [0.717, 1.165) is 57.8 Å². The smallest absolute Gasteiger partial charge is 0.306 e. The van der Waals surface area contributed by atoms with Crippen molar-refractivity contribution in [2.75, 3.05) is 40.9 Å². The zero-order valence-electron chi connectivity index (χ0n) is 62.1. The Bertz CT molecular complexity index is 1600.